The fourth-order valence-electron chi connectivity index (χ4n) is 3.25. The van der Waals surface area contributed by atoms with Gasteiger partial charge in [-0.3, -0.25) is 10.1 Å². The number of halogens is 1. The zero-order chi connectivity index (χ0) is 18.8. The first-order valence-electron chi connectivity index (χ1n) is 8.69. The Kier molecular flexibility index (Phi) is 4.64. The van der Waals surface area contributed by atoms with E-state index in [2.05, 4.69) is 10.1 Å². The highest BCUT2D eigenvalue weighted by molar-refractivity contribution is 5.75. The Morgan fingerprint density at radius 3 is 2.74 bits per heavy atom. The lowest BCUT2D eigenvalue weighted by atomic mass is 10.1. The van der Waals surface area contributed by atoms with Crippen LogP contribution in [0.4, 0.5) is 10.1 Å². The van der Waals surface area contributed by atoms with Crippen LogP contribution in [0.3, 0.4) is 0 Å². The molecule has 1 atom stereocenters. The topological polar surface area (TPSA) is 83.1 Å². The van der Waals surface area contributed by atoms with E-state index < -0.39 is 4.92 Å². The Balaban J connectivity index is 1.81. The number of ether oxygens (including phenoxy) is 1. The standard InChI is InChI=1S/C19H17FN4O3/c20-14-6-4-13(5-7-14)16-11-15(18(12-21-16)24(25)26)17-8-9-22-23(17)19-3-1-2-10-27-19/h4-9,11-12,19H,1-3,10H2. The van der Waals surface area contributed by atoms with Crippen LogP contribution in [0.2, 0.25) is 0 Å². The summed E-state index contributed by atoms with van der Waals surface area (Å²) in [6.07, 6.45) is 5.41. The van der Waals surface area contributed by atoms with Gasteiger partial charge in [-0.15, -0.1) is 0 Å². The zero-order valence-corrected chi connectivity index (χ0v) is 14.4. The molecule has 0 bridgehead atoms. The van der Waals surface area contributed by atoms with Crippen LogP contribution < -0.4 is 0 Å². The van der Waals surface area contributed by atoms with Crippen molar-refractivity contribution >= 4 is 5.69 Å². The molecule has 0 saturated carbocycles. The molecule has 4 rings (SSSR count). The minimum Gasteiger partial charge on any atom is -0.356 e. The summed E-state index contributed by atoms with van der Waals surface area (Å²) in [6, 6.07) is 9.22. The van der Waals surface area contributed by atoms with Gasteiger partial charge in [0.15, 0.2) is 6.23 Å². The van der Waals surface area contributed by atoms with Crippen molar-refractivity contribution in [3.63, 3.8) is 0 Å². The lowest BCUT2D eigenvalue weighted by Crippen LogP contribution is -2.20. The molecular weight excluding hydrogens is 351 g/mol. The normalized spacial score (nSPS) is 17.0. The smallest absolute Gasteiger partial charge is 0.296 e. The summed E-state index contributed by atoms with van der Waals surface area (Å²) in [5.41, 5.74) is 2.08. The molecule has 0 N–H and O–H groups in total. The van der Waals surface area contributed by atoms with Gasteiger partial charge in [-0.05, 0) is 55.7 Å². The van der Waals surface area contributed by atoms with Gasteiger partial charge in [-0.1, -0.05) is 0 Å². The summed E-state index contributed by atoms with van der Waals surface area (Å²) in [7, 11) is 0. The highest BCUT2D eigenvalue weighted by Crippen LogP contribution is 2.35. The first-order chi connectivity index (χ1) is 13.1. The van der Waals surface area contributed by atoms with E-state index in [9.17, 15) is 14.5 Å². The van der Waals surface area contributed by atoms with Crippen LogP contribution in [0.1, 0.15) is 25.5 Å². The quantitative estimate of drug-likeness (QED) is 0.505. The van der Waals surface area contributed by atoms with Crippen molar-refractivity contribution in [2.45, 2.75) is 25.5 Å². The number of pyridine rings is 1. The predicted molar refractivity (Wildman–Crippen MR) is 96.3 cm³/mol. The average molecular weight is 368 g/mol. The molecule has 1 aromatic carbocycles. The van der Waals surface area contributed by atoms with Crippen molar-refractivity contribution in [3.05, 3.63) is 64.7 Å². The van der Waals surface area contributed by atoms with E-state index in [1.165, 1.54) is 18.3 Å². The van der Waals surface area contributed by atoms with E-state index in [0.717, 1.165) is 19.3 Å². The molecule has 0 radical (unpaired) electrons. The highest BCUT2D eigenvalue weighted by Gasteiger charge is 2.25. The van der Waals surface area contributed by atoms with Crippen LogP contribution in [0.25, 0.3) is 22.5 Å². The second kappa shape index (κ2) is 7.24. The molecule has 2 aromatic heterocycles. The maximum absolute atomic E-state index is 13.2. The van der Waals surface area contributed by atoms with Gasteiger partial charge in [0.05, 0.1) is 21.9 Å². The first-order valence-corrected chi connectivity index (χ1v) is 8.69. The van der Waals surface area contributed by atoms with Crippen molar-refractivity contribution in [1.82, 2.24) is 14.8 Å². The van der Waals surface area contributed by atoms with E-state index in [1.807, 2.05) is 0 Å². The van der Waals surface area contributed by atoms with Crippen molar-refractivity contribution in [3.8, 4) is 22.5 Å². The third-order valence-corrected chi connectivity index (χ3v) is 4.59. The molecule has 1 saturated heterocycles. The summed E-state index contributed by atoms with van der Waals surface area (Å²) in [5.74, 6) is -0.353. The summed E-state index contributed by atoms with van der Waals surface area (Å²) in [6.45, 7) is 0.642. The molecule has 27 heavy (non-hydrogen) atoms. The molecule has 1 aliphatic rings. The van der Waals surface area contributed by atoms with Gasteiger partial charge in [0.1, 0.15) is 12.0 Å². The van der Waals surface area contributed by atoms with Crippen LogP contribution in [-0.2, 0) is 4.74 Å². The third-order valence-electron chi connectivity index (χ3n) is 4.59. The Hall–Kier alpha value is -3.13. The Morgan fingerprint density at radius 2 is 2.04 bits per heavy atom. The van der Waals surface area contributed by atoms with E-state index in [4.69, 9.17) is 4.74 Å². The fraction of sp³-hybridized carbons (Fsp3) is 0.263. The maximum Gasteiger partial charge on any atom is 0.296 e. The second-order valence-corrected chi connectivity index (χ2v) is 6.33. The van der Waals surface area contributed by atoms with Crippen molar-refractivity contribution < 1.29 is 14.1 Å². The van der Waals surface area contributed by atoms with E-state index >= 15 is 0 Å². The average Bonchev–Trinajstić information content (AvgIpc) is 3.18. The highest BCUT2D eigenvalue weighted by atomic mass is 19.1. The lowest BCUT2D eigenvalue weighted by molar-refractivity contribution is -0.384. The van der Waals surface area contributed by atoms with Crippen LogP contribution in [0.5, 0.6) is 0 Å². The molecule has 1 unspecified atom stereocenters. The molecule has 0 amide bonds. The van der Waals surface area contributed by atoms with Gasteiger partial charge in [0.25, 0.3) is 5.69 Å². The number of benzene rings is 1. The van der Waals surface area contributed by atoms with Gasteiger partial charge in [-0.2, -0.15) is 5.10 Å². The molecule has 1 fully saturated rings. The number of hydrogen-bond donors (Lipinski definition) is 0. The Labute approximate surface area is 154 Å². The number of rotatable bonds is 4. The lowest BCUT2D eigenvalue weighted by Gasteiger charge is -2.24. The molecule has 0 aliphatic carbocycles. The molecule has 138 valence electrons. The summed E-state index contributed by atoms with van der Waals surface area (Å²) in [4.78, 5) is 15.3. The Bertz CT molecular complexity index is 965. The third kappa shape index (κ3) is 3.43. The zero-order valence-electron chi connectivity index (χ0n) is 14.4. The van der Waals surface area contributed by atoms with Crippen molar-refractivity contribution in [2.24, 2.45) is 0 Å². The van der Waals surface area contributed by atoms with Gasteiger partial charge in [-0.25, -0.2) is 14.1 Å². The second-order valence-electron chi connectivity index (χ2n) is 6.33. The molecule has 3 aromatic rings. The molecule has 0 spiro atoms. The minimum absolute atomic E-state index is 0.113. The fourth-order valence-corrected chi connectivity index (χ4v) is 3.25. The van der Waals surface area contributed by atoms with Crippen molar-refractivity contribution in [2.75, 3.05) is 6.61 Å². The number of aromatic nitrogens is 3. The van der Waals surface area contributed by atoms with E-state index in [0.29, 0.717) is 29.1 Å². The number of nitro groups is 1. The summed E-state index contributed by atoms with van der Waals surface area (Å²) < 4.78 is 20.7. The largest absolute Gasteiger partial charge is 0.356 e. The van der Waals surface area contributed by atoms with Gasteiger partial charge in [0.2, 0.25) is 0 Å². The summed E-state index contributed by atoms with van der Waals surface area (Å²) in [5, 5.41) is 15.9. The molecule has 1 aliphatic heterocycles. The summed E-state index contributed by atoms with van der Waals surface area (Å²) >= 11 is 0. The molecular formula is C19H17FN4O3. The predicted octanol–water partition coefficient (Wildman–Crippen LogP) is 4.36. The molecule has 3 heterocycles. The molecule has 8 heteroatoms. The molecule has 7 nitrogen and oxygen atoms in total. The monoisotopic (exact) mass is 368 g/mol. The van der Waals surface area contributed by atoms with Crippen molar-refractivity contribution in [1.29, 1.82) is 0 Å². The number of hydrogen-bond acceptors (Lipinski definition) is 5. The SMILES string of the molecule is O=[N+]([O-])c1cnc(-c2ccc(F)cc2)cc1-c1ccnn1C1CCCCO1. The van der Waals surface area contributed by atoms with Crippen LogP contribution in [0, 0.1) is 15.9 Å². The maximum atomic E-state index is 13.2. The van der Waals surface area contributed by atoms with Gasteiger partial charge in [0, 0.05) is 18.4 Å². The number of nitrogens with zero attached hydrogens (tertiary/aromatic N) is 4. The van der Waals surface area contributed by atoms with E-state index in [1.54, 1.807) is 35.1 Å². The van der Waals surface area contributed by atoms with Crippen LogP contribution in [-0.4, -0.2) is 26.3 Å². The van der Waals surface area contributed by atoms with E-state index in [-0.39, 0.29) is 17.7 Å². The minimum atomic E-state index is -0.462. The van der Waals surface area contributed by atoms with Gasteiger partial charge < -0.3 is 4.74 Å². The first kappa shape index (κ1) is 17.3. The van der Waals surface area contributed by atoms with Crippen LogP contribution >= 0.6 is 0 Å². The van der Waals surface area contributed by atoms with Gasteiger partial charge >= 0.3 is 0 Å². The Morgan fingerprint density at radius 1 is 1.22 bits per heavy atom. The van der Waals surface area contributed by atoms with Crippen LogP contribution in [0.15, 0.2) is 48.8 Å².